The normalized spacial score (nSPS) is 13.9. The number of esters is 2. The van der Waals surface area contributed by atoms with E-state index in [1.54, 1.807) is 0 Å². The molecule has 10 nitrogen and oxygen atoms in total. The number of anilines is 1. The van der Waals surface area contributed by atoms with Crippen molar-refractivity contribution >= 4 is 27.7 Å². The average Bonchev–Trinajstić information content (AvgIpc) is 2.95. The minimum absolute atomic E-state index is 0.0699. The molecule has 1 heterocycles. The zero-order valence-corrected chi connectivity index (χ0v) is 17.2. The predicted octanol–water partition coefficient (Wildman–Crippen LogP) is 0.505. The summed E-state index contributed by atoms with van der Waals surface area (Å²) in [4.78, 5) is 25.5. The fourth-order valence-electron chi connectivity index (χ4n) is 2.75. The van der Waals surface area contributed by atoms with Gasteiger partial charge in [0.25, 0.3) is 10.1 Å². The highest BCUT2D eigenvalue weighted by atomic mass is 32.2. The van der Waals surface area contributed by atoms with Crippen LogP contribution in [0.25, 0.3) is 0 Å². The van der Waals surface area contributed by atoms with Crippen molar-refractivity contribution in [3.8, 4) is 0 Å². The Balaban J connectivity index is 2.64. The van der Waals surface area contributed by atoms with Crippen LogP contribution in [0.4, 0.5) is 5.69 Å². The van der Waals surface area contributed by atoms with E-state index in [0.29, 0.717) is 0 Å². The number of methoxy groups -OCH3 is 2. The van der Waals surface area contributed by atoms with E-state index in [4.69, 9.17) is 14.6 Å². The highest BCUT2D eigenvalue weighted by Gasteiger charge is 2.28. The Hall–Kier alpha value is -2.99. The Kier molecular flexibility index (Phi) is 7.89. The monoisotopic (exact) mass is 438 g/mol. The van der Waals surface area contributed by atoms with E-state index in [2.05, 4.69) is 5.32 Å². The Morgan fingerprint density at radius 1 is 1.13 bits per heavy atom. The van der Waals surface area contributed by atoms with Crippen molar-refractivity contribution in [3.05, 3.63) is 59.5 Å². The number of carbonyl (C=O) groups is 2. The van der Waals surface area contributed by atoms with Gasteiger partial charge in [-0.15, -0.1) is 0 Å². The van der Waals surface area contributed by atoms with Crippen molar-refractivity contribution in [2.24, 2.45) is 0 Å². The maximum Gasteiger partial charge on any atom is 0.355 e. The zero-order chi connectivity index (χ0) is 22.3. The van der Waals surface area contributed by atoms with Gasteiger partial charge >= 0.3 is 11.9 Å². The molecule has 0 aromatic heterocycles. The van der Waals surface area contributed by atoms with Crippen LogP contribution in [0.3, 0.4) is 0 Å². The van der Waals surface area contributed by atoms with E-state index >= 15 is 0 Å². The van der Waals surface area contributed by atoms with E-state index in [-0.39, 0.29) is 47.1 Å². The molecule has 1 aromatic carbocycles. The lowest BCUT2D eigenvalue weighted by Gasteiger charge is -2.24. The van der Waals surface area contributed by atoms with Crippen molar-refractivity contribution in [2.45, 2.75) is 11.4 Å². The quantitative estimate of drug-likeness (QED) is 0.298. The van der Waals surface area contributed by atoms with Crippen LogP contribution < -0.4 is 10.2 Å². The van der Waals surface area contributed by atoms with E-state index in [0.717, 1.165) is 14.2 Å². The molecule has 0 unspecified atom stereocenters. The largest absolute Gasteiger partial charge is 0.465 e. The highest BCUT2D eigenvalue weighted by molar-refractivity contribution is 7.85. The number of nitrogens with one attached hydrogen (secondary N) is 1. The first-order chi connectivity index (χ1) is 14.2. The van der Waals surface area contributed by atoms with Crippen LogP contribution in [0, 0.1) is 0 Å². The van der Waals surface area contributed by atoms with Gasteiger partial charge in [0.1, 0.15) is 10.6 Å². The molecule has 1 aliphatic rings. The number of aliphatic hydroxyl groups excluding tert-OH is 1. The van der Waals surface area contributed by atoms with Gasteiger partial charge in [-0.25, -0.2) is 9.59 Å². The first-order valence-electron chi connectivity index (χ1n) is 8.71. The van der Waals surface area contributed by atoms with Crippen molar-refractivity contribution in [1.82, 2.24) is 5.32 Å². The van der Waals surface area contributed by atoms with E-state index in [9.17, 15) is 22.6 Å². The molecule has 0 atom stereocenters. The standard InChI is InChI=1S/C19H22N2O8S/c1-28-18(23)15-5-3-4-9-21(17(15)19(24)29-2)14-7-6-13(12-20-8-10-22)16(11-14)30(25,26)27/h3-7,9,11,20,22H,8,10,12H2,1-2H3,(H,25,26,27). The van der Waals surface area contributed by atoms with Gasteiger partial charge in [0.2, 0.25) is 0 Å². The first kappa shape index (κ1) is 23.3. The fraction of sp³-hybridized carbons (Fsp3) is 0.263. The molecule has 0 fully saturated rings. The van der Waals surface area contributed by atoms with E-state index in [1.807, 2.05) is 0 Å². The van der Waals surface area contributed by atoms with Crippen LogP contribution in [0.2, 0.25) is 0 Å². The summed E-state index contributed by atoms with van der Waals surface area (Å²) in [6.07, 6.45) is 5.84. The van der Waals surface area contributed by atoms with Gasteiger partial charge < -0.3 is 24.8 Å². The lowest BCUT2D eigenvalue weighted by molar-refractivity contribution is -0.139. The van der Waals surface area contributed by atoms with Gasteiger partial charge in [-0.3, -0.25) is 4.55 Å². The molecule has 30 heavy (non-hydrogen) atoms. The first-order valence-corrected chi connectivity index (χ1v) is 10.2. The zero-order valence-electron chi connectivity index (χ0n) is 16.4. The summed E-state index contributed by atoms with van der Waals surface area (Å²) in [5, 5.41) is 11.7. The maximum atomic E-state index is 12.5. The summed E-state index contributed by atoms with van der Waals surface area (Å²) < 4.78 is 43.1. The number of rotatable bonds is 8. The summed E-state index contributed by atoms with van der Waals surface area (Å²) >= 11 is 0. The third kappa shape index (κ3) is 5.33. The number of ether oxygens (including phenoxy) is 2. The SMILES string of the molecule is COC(=O)C1=C(C(=O)OC)N(c2ccc(CNCCO)c(S(=O)(=O)O)c2)C=CC=C1. The molecular formula is C19H22N2O8S. The molecule has 1 aliphatic heterocycles. The van der Waals surface area contributed by atoms with Gasteiger partial charge in [-0.05, 0) is 29.8 Å². The van der Waals surface area contributed by atoms with Gasteiger partial charge in [-0.2, -0.15) is 8.42 Å². The van der Waals surface area contributed by atoms with Crippen molar-refractivity contribution < 1.29 is 37.1 Å². The number of aliphatic hydroxyl groups is 1. The molecule has 162 valence electrons. The third-order valence-corrected chi connectivity index (χ3v) is 5.04. The molecular weight excluding hydrogens is 416 g/mol. The van der Waals surface area contributed by atoms with Gasteiger partial charge in [0.05, 0.1) is 26.4 Å². The minimum atomic E-state index is -4.61. The number of benzene rings is 1. The average molecular weight is 438 g/mol. The molecule has 1 aromatic rings. The molecule has 0 bridgehead atoms. The van der Waals surface area contributed by atoms with Crippen LogP contribution >= 0.6 is 0 Å². The van der Waals surface area contributed by atoms with Crippen LogP contribution in [0.1, 0.15) is 5.56 Å². The Morgan fingerprint density at radius 2 is 1.83 bits per heavy atom. The smallest absolute Gasteiger partial charge is 0.355 e. The molecule has 11 heteroatoms. The van der Waals surface area contributed by atoms with E-state index in [1.165, 1.54) is 47.5 Å². The van der Waals surface area contributed by atoms with Gasteiger partial charge in [-0.1, -0.05) is 12.1 Å². The van der Waals surface area contributed by atoms with Crippen molar-refractivity contribution in [2.75, 3.05) is 32.3 Å². The number of nitrogens with zero attached hydrogens (tertiary/aromatic N) is 1. The molecule has 0 amide bonds. The molecule has 2 rings (SSSR count). The van der Waals surface area contributed by atoms with E-state index < -0.39 is 22.1 Å². The number of hydrogen-bond donors (Lipinski definition) is 3. The highest BCUT2D eigenvalue weighted by Crippen LogP contribution is 2.29. The summed E-state index contributed by atoms with van der Waals surface area (Å²) in [5.41, 5.74) is 0.136. The van der Waals surface area contributed by atoms with Crippen molar-refractivity contribution in [1.29, 1.82) is 0 Å². The third-order valence-electron chi connectivity index (χ3n) is 4.10. The van der Waals surface area contributed by atoms with Gasteiger partial charge in [0, 0.05) is 25.0 Å². The molecule has 0 aliphatic carbocycles. The Labute approximate surface area is 173 Å². The lowest BCUT2D eigenvalue weighted by Crippen LogP contribution is -2.27. The Morgan fingerprint density at radius 3 is 2.43 bits per heavy atom. The second kappa shape index (κ2) is 10.2. The molecule has 0 spiro atoms. The minimum Gasteiger partial charge on any atom is -0.465 e. The second-order valence-electron chi connectivity index (χ2n) is 5.98. The number of carbonyl (C=O) groups excluding carboxylic acids is 2. The number of hydrogen-bond acceptors (Lipinski definition) is 9. The van der Waals surface area contributed by atoms with Crippen LogP contribution in [-0.2, 0) is 35.7 Å². The van der Waals surface area contributed by atoms with Crippen LogP contribution in [0.15, 0.2) is 58.8 Å². The van der Waals surface area contributed by atoms with Crippen LogP contribution in [-0.4, -0.2) is 57.4 Å². The Bertz CT molecular complexity index is 1010. The summed E-state index contributed by atoms with van der Waals surface area (Å²) in [5.74, 6) is -1.64. The molecule has 0 radical (unpaired) electrons. The summed E-state index contributed by atoms with van der Waals surface area (Å²) in [6, 6.07) is 4.12. The maximum absolute atomic E-state index is 12.5. The second-order valence-corrected chi connectivity index (χ2v) is 7.37. The lowest BCUT2D eigenvalue weighted by atomic mass is 10.1. The molecule has 0 saturated carbocycles. The molecule has 0 saturated heterocycles. The number of allylic oxidation sites excluding steroid dienone is 2. The predicted molar refractivity (Wildman–Crippen MR) is 107 cm³/mol. The summed E-state index contributed by atoms with van der Waals surface area (Å²) in [6.45, 7) is 0.153. The van der Waals surface area contributed by atoms with Crippen molar-refractivity contribution in [3.63, 3.8) is 0 Å². The summed E-state index contributed by atoms with van der Waals surface area (Å²) in [7, 11) is -2.31. The molecule has 3 N–H and O–H groups in total. The fourth-order valence-corrected chi connectivity index (χ4v) is 3.49. The van der Waals surface area contributed by atoms with Gasteiger partial charge in [0.15, 0.2) is 0 Å². The topological polar surface area (TPSA) is 142 Å². The van der Waals surface area contributed by atoms with Crippen LogP contribution in [0.5, 0.6) is 0 Å².